The van der Waals surface area contributed by atoms with Gasteiger partial charge in [0.2, 0.25) is 0 Å². The third kappa shape index (κ3) is 5.21. The number of benzene rings is 4. The summed E-state index contributed by atoms with van der Waals surface area (Å²) in [6.07, 6.45) is 1.64. The molecular weight excluding hydrogens is 484 g/mol. The quantitative estimate of drug-likeness (QED) is 0.190. The second-order valence-electron chi connectivity index (χ2n) is 8.22. The molecule has 0 saturated carbocycles. The van der Waals surface area contributed by atoms with Crippen LogP contribution in [-0.2, 0) is 0 Å². The summed E-state index contributed by atoms with van der Waals surface area (Å²) < 4.78 is 12.8. The Morgan fingerprint density at radius 3 is 2.24 bits per heavy atom. The molecule has 1 aromatic heterocycles. The maximum atomic E-state index is 13.5. The van der Waals surface area contributed by atoms with Crippen LogP contribution >= 0.6 is 0 Å². The largest absolute Gasteiger partial charge is 0.493 e. The topological polar surface area (TPSA) is 109 Å². The maximum Gasteiger partial charge on any atom is 0.275 e. The number of non-ortho nitro benzene ring substituents is 1. The van der Waals surface area contributed by atoms with Crippen LogP contribution in [0.3, 0.4) is 0 Å². The third-order valence-corrected chi connectivity index (χ3v) is 5.68. The van der Waals surface area contributed by atoms with Gasteiger partial charge >= 0.3 is 0 Å². The Kier molecular flexibility index (Phi) is 6.81. The van der Waals surface area contributed by atoms with E-state index in [1.807, 2.05) is 60.7 Å². The minimum atomic E-state index is -0.548. The molecule has 1 N–H and O–H groups in total. The Balaban J connectivity index is 1.51. The van der Waals surface area contributed by atoms with E-state index in [1.165, 1.54) is 25.3 Å². The summed E-state index contributed by atoms with van der Waals surface area (Å²) >= 11 is 0. The van der Waals surface area contributed by atoms with Gasteiger partial charge in [-0.15, -0.1) is 0 Å². The Morgan fingerprint density at radius 1 is 0.895 bits per heavy atom. The molecule has 0 atom stereocenters. The molecule has 0 radical (unpaired) electrons. The highest BCUT2D eigenvalue weighted by molar-refractivity contribution is 6.08. The number of hydrogen-bond donors (Lipinski definition) is 1. The molecule has 0 aliphatic rings. The number of aromatic nitrogens is 2. The lowest BCUT2D eigenvalue weighted by atomic mass is 10.1. The number of nitrogens with one attached hydrogen (secondary N) is 1. The van der Waals surface area contributed by atoms with Crippen molar-refractivity contribution in [3.8, 4) is 34.2 Å². The highest BCUT2D eigenvalue weighted by Crippen LogP contribution is 2.35. The molecule has 9 heteroatoms. The fraction of sp³-hybridized carbons (Fsp3) is 0.0345. The molecule has 4 aromatic carbocycles. The van der Waals surface area contributed by atoms with Crippen LogP contribution < -0.4 is 14.8 Å². The standard InChI is InChI=1S/C29H22N4O5/c1-37-26-14-8-9-15-27(26)38-24-17-21(16-23(18-24)33(35)36)30-29(34)25-19-32(22-12-6-3-7-13-22)31-28(25)20-10-4-2-5-11-20/h2-19H,1H3,(H,30,34). The summed E-state index contributed by atoms with van der Waals surface area (Å²) in [6, 6.07) is 29.7. The smallest absolute Gasteiger partial charge is 0.275 e. The number of carbonyl (C=O) groups is 1. The molecule has 0 aliphatic carbocycles. The first-order valence-corrected chi connectivity index (χ1v) is 11.6. The van der Waals surface area contributed by atoms with Gasteiger partial charge in [0, 0.05) is 23.9 Å². The number of nitrogens with zero attached hydrogens (tertiary/aromatic N) is 3. The number of rotatable bonds is 8. The van der Waals surface area contributed by atoms with Gasteiger partial charge in [0.25, 0.3) is 11.6 Å². The van der Waals surface area contributed by atoms with Crippen molar-refractivity contribution in [3.63, 3.8) is 0 Å². The summed E-state index contributed by atoms with van der Waals surface area (Å²) in [6.45, 7) is 0. The number of methoxy groups -OCH3 is 1. The molecule has 9 nitrogen and oxygen atoms in total. The van der Waals surface area contributed by atoms with E-state index in [1.54, 1.807) is 35.1 Å². The van der Waals surface area contributed by atoms with Gasteiger partial charge < -0.3 is 14.8 Å². The molecule has 1 amide bonds. The van der Waals surface area contributed by atoms with E-state index in [9.17, 15) is 14.9 Å². The molecule has 38 heavy (non-hydrogen) atoms. The second-order valence-corrected chi connectivity index (χ2v) is 8.22. The summed E-state index contributed by atoms with van der Waals surface area (Å²) in [5.41, 5.74) is 2.27. The third-order valence-electron chi connectivity index (χ3n) is 5.68. The average Bonchev–Trinajstić information content (AvgIpc) is 3.40. The lowest BCUT2D eigenvalue weighted by Crippen LogP contribution is -2.12. The monoisotopic (exact) mass is 506 g/mol. The van der Waals surface area contributed by atoms with Crippen molar-refractivity contribution in [1.29, 1.82) is 0 Å². The number of para-hydroxylation sites is 3. The maximum absolute atomic E-state index is 13.5. The number of ether oxygens (including phenoxy) is 2. The van der Waals surface area contributed by atoms with Gasteiger partial charge in [-0.25, -0.2) is 4.68 Å². The molecule has 0 aliphatic heterocycles. The first-order chi connectivity index (χ1) is 18.5. The predicted octanol–water partition coefficient (Wildman–Crippen LogP) is 6.50. The van der Waals surface area contributed by atoms with Gasteiger partial charge in [-0.1, -0.05) is 60.7 Å². The Morgan fingerprint density at radius 2 is 1.55 bits per heavy atom. The molecule has 0 unspecified atom stereocenters. The molecule has 1 heterocycles. The lowest BCUT2D eigenvalue weighted by molar-refractivity contribution is -0.384. The van der Waals surface area contributed by atoms with Gasteiger partial charge in [-0.2, -0.15) is 5.10 Å². The number of nitro benzene ring substituents is 1. The molecule has 0 fully saturated rings. The van der Waals surface area contributed by atoms with Crippen molar-refractivity contribution in [2.75, 3.05) is 12.4 Å². The minimum absolute atomic E-state index is 0.169. The molecule has 5 rings (SSSR count). The summed E-state index contributed by atoms with van der Waals surface area (Å²) in [5.74, 6) is 0.533. The van der Waals surface area contributed by atoms with Crippen LogP contribution in [0.2, 0.25) is 0 Å². The van der Waals surface area contributed by atoms with E-state index in [0.717, 1.165) is 11.3 Å². The number of carbonyl (C=O) groups excluding carboxylic acids is 1. The van der Waals surface area contributed by atoms with E-state index >= 15 is 0 Å². The number of nitro groups is 1. The van der Waals surface area contributed by atoms with Crippen LogP contribution in [0, 0.1) is 10.1 Å². The van der Waals surface area contributed by atoms with Gasteiger partial charge in [-0.05, 0) is 24.3 Å². The normalized spacial score (nSPS) is 10.6. The van der Waals surface area contributed by atoms with Crippen molar-refractivity contribution >= 4 is 17.3 Å². The summed E-state index contributed by atoms with van der Waals surface area (Å²) in [7, 11) is 1.50. The number of anilines is 1. The highest BCUT2D eigenvalue weighted by Gasteiger charge is 2.21. The SMILES string of the molecule is COc1ccccc1Oc1cc(NC(=O)c2cn(-c3ccccc3)nc2-c2ccccc2)cc([N+](=O)[O-])c1. The van der Waals surface area contributed by atoms with Crippen LogP contribution in [0.15, 0.2) is 109 Å². The van der Waals surface area contributed by atoms with Crippen LogP contribution in [-0.4, -0.2) is 27.7 Å². The second kappa shape index (κ2) is 10.7. The fourth-order valence-corrected chi connectivity index (χ4v) is 3.91. The minimum Gasteiger partial charge on any atom is -0.493 e. The molecule has 5 aromatic rings. The molecule has 188 valence electrons. The zero-order chi connectivity index (χ0) is 26.5. The van der Waals surface area contributed by atoms with Crippen molar-refractivity contribution in [1.82, 2.24) is 9.78 Å². The zero-order valence-electron chi connectivity index (χ0n) is 20.3. The van der Waals surface area contributed by atoms with E-state index in [4.69, 9.17) is 9.47 Å². The van der Waals surface area contributed by atoms with Gasteiger partial charge in [0.1, 0.15) is 11.4 Å². The van der Waals surface area contributed by atoms with Crippen LogP contribution in [0.25, 0.3) is 16.9 Å². The highest BCUT2D eigenvalue weighted by atomic mass is 16.6. The first-order valence-electron chi connectivity index (χ1n) is 11.6. The Bertz CT molecular complexity index is 1600. The average molecular weight is 507 g/mol. The van der Waals surface area contributed by atoms with Crippen LogP contribution in [0.1, 0.15) is 10.4 Å². The van der Waals surface area contributed by atoms with Gasteiger partial charge in [0.05, 0.1) is 35.0 Å². The Labute approximate surface area is 218 Å². The lowest BCUT2D eigenvalue weighted by Gasteiger charge is -2.12. The van der Waals surface area contributed by atoms with E-state index in [2.05, 4.69) is 10.4 Å². The predicted molar refractivity (Wildman–Crippen MR) is 143 cm³/mol. The van der Waals surface area contributed by atoms with Crippen molar-refractivity contribution < 1.29 is 19.2 Å². The van der Waals surface area contributed by atoms with E-state index in [-0.39, 0.29) is 17.1 Å². The summed E-state index contributed by atoms with van der Waals surface area (Å²) in [5, 5.41) is 19.1. The fourth-order valence-electron chi connectivity index (χ4n) is 3.91. The van der Waals surface area contributed by atoms with Crippen LogP contribution in [0.4, 0.5) is 11.4 Å². The number of amides is 1. The Hall–Kier alpha value is -5.44. The molecule has 0 spiro atoms. The van der Waals surface area contributed by atoms with Gasteiger partial charge in [0.15, 0.2) is 11.5 Å². The van der Waals surface area contributed by atoms with Crippen LogP contribution in [0.5, 0.6) is 17.2 Å². The van der Waals surface area contributed by atoms with Crippen molar-refractivity contribution in [2.24, 2.45) is 0 Å². The first kappa shape index (κ1) is 24.3. The van der Waals surface area contributed by atoms with E-state index in [0.29, 0.717) is 22.8 Å². The van der Waals surface area contributed by atoms with Gasteiger partial charge in [-0.3, -0.25) is 14.9 Å². The zero-order valence-corrected chi connectivity index (χ0v) is 20.3. The molecular formula is C29H22N4O5. The van der Waals surface area contributed by atoms with Crippen molar-refractivity contribution in [3.05, 3.63) is 125 Å². The molecule has 0 bridgehead atoms. The molecule has 0 saturated heterocycles. The number of hydrogen-bond acceptors (Lipinski definition) is 6. The van der Waals surface area contributed by atoms with E-state index < -0.39 is 10.8 Å². The van der Waals surface area contributed by atoms with Crippen molar-refractivity contribution in [2.45, 2.75) is 0 Å². The summed E-state index contributed by atoms with van der Waals surface area (Å²) in [4.78, 5) is 24.6.